The molecule has 0 aromatic heterocycles. The summed E-state index contributed by atoms with van der Waals surface area (Å²) in [5, 5.41) is 8.49. The average molecular weight is 164 g/mol. The van der Waals surface area contributed by atoms with Crippen molar-refractivity contribution in [3.63, 3.8) is 0 Å². The Kier molecular flexibility index (Phi) is 2.17. The highest BCUT2D eigenvalue weighted by molar-refractivity contribution is 6.33. The van der Waals surface area contributed by atoms with Crippen molar-refractivity contribution in [1.82, 2.24) is 0 Å². The molecule has 1 aromatic rings. The van der Waals surface area contributed by atoms with Crippen molar-refractivity contribution in [2.75, 3.05) is 0 Å². The number of hydrogen-bond donors (Lipinski definition) is 1. The van der Waals surface area contributed by atoms with Crippen molar-refractivity contribution < 1.29 is 14.3 Å². The smallest absolute Gasteiger partial charge is 0.338 e. The van der Waals surface area contributed by atoms with Gasteiger partial charge in [-0.1, -0.05) is 17.1 Å². The molecular weight excluding hydrogens is 158 g/mol. The quantitative estimate of drug-likeness (QED) is 0.617. The third-order valence-electron chi connectivity index (χ3n) is 1.59. The SMILES string of the molecule is [B]c1cc(C(=O)O)c(F)cc1C. The molecule has 0 amide bonds. The molecule has 0 saturated carbocycles. The standard InChI is InChI=1S/C8H6BFO2/c1-4-2-7(10)5(8(11)12)3-6(4)9/h2-3H,1H3,(H,11,12). The maximum absolute atomic E-state index is 12.8. The van der Waals surface area contributed by atoms with E-state index in [0.717, 1.165) is 12.1 Å². The molecule has 1 aromatic carbocycles. The molecule has 0 atom stereocenters. The van der Waals surface area contributed by atoms with Crippen molar-refractivity contribution in [2.45, 2.75) is 6.92 Å². The number of carboxylic acid groups (broad SMARTS) is 1. The van der Waals surface area contributed by atoms with Crippen molar-refractivity contribution in [2.24, 2.45) is 0 Å². The molecule has 0 aliphatic rings. The lowest BCUT2D eigenvalue weighted by atomic mass is 9.89. The molecule has 0 heterocycles. The number of carbonyl (C=O) groups is 1. The largest absolute Gasteiger partial charge is 0.478 e. The molecule has 0 aliphatic carbocycles. The molecule has 60 valence electrons. The van der Waals surface area contributed by atoms with Gasteiger partial charge in [-0.15, -0.1) is 0 Å². The molecule has 1 rings (SSSR count). The molecule has 0 spiro atoms. The third-order valence-corrected chi connectivity index (χ3v) is 1.59. The van der Waals surface area contributed by atoms with Crippen LogP contribution in [0.5, 0.6) is 0 Å². The van der Waals surface area contributed by atoms with Crippen LogP contribution in [0.1, 0.15) is 15.9 Å². The molecular formula is C8H6BFO2. The van der Waals surface area contributed by atoms with Crippen LogP contribution in [0.3, 0.4) is 0 Å². The summed E-state index contributed by atoms with van der Waals surface area (Å²) in [6.07, 6.45) is 0. The van der Waals surface area contributed by atoms with Gasteiger partial charge in [-0.25, -0.2) is 9.18 Å². The predicted molar refractivity (Wildman–Crippen MR) is 43.5 cm³/mol. The molecule has 0 saturated heterocycles. The van der Waals surface area contributed by atoms with Gasteiger partial charge in [0.2, 0.25) is 0 Å². The molecule has 2 radical (unpaired) electrons. The maximum Gasteiger partial charge on any atom is 0.338 e. The summed E-state index contributed by atoms with van der Waals surface area (Å²) >= 11 is 0. The zero-order valence-electron chi connectivity index (χ0n) is 6.47. The second-order valence-electron chi connectivity index (χ2n) is 2.49. The molecule has 1 N–H and O–H groups in total. The fraction of sp³-hybridized carbons (Fsp3) is 0.125. The molecule has 0 bridgehead atoms. The van der Waals surface area contributed by atoms with Crippen molar-refractivity contribution in [1.29, 1.82) is 0 Å². The summed E-state index contributed by atoms with van der Waals surface area (Å²) in [6.45, 7) is 1.62. The van der Waals surface area contributed by atoms with Crippen LogP contribution < -0.4 is 5.46 Å². The van der Waals surface area contributed by atoms with Crippen molar-refractivity contribution >= 4 is 19.3 Å². The number of benzene rings is 1. The summed E-state index contributed by atoms with van der Waals surface area (Å²) in [7, 11) is 5.40. The van der Waals surface area contributed by atoms with E-state index in [2.05, 4.69) is 0 Å². The summed E-state index contributed by atoms with van der Waals surface area (Å²) in [4.78, 5) is 10.4. The topological polar surface area (TPSA) is 37.3 Å². The number of hydrogen-bond acceptors (Lipinski definition) is 1. The van der Waals surface area contributed by atoms with Gasteiger partial charge in [0.05, 0.1) is 5.56 Å². The number of carboxylic acids is 1. The summed E-state index contributed by atoms with van der Waals surface area (Å²) in [5.74, 6) is -2.06. The minimum Gasteiger partial charge on any atom is -0.478 e. The predicted octanol–water partition coefficient (Wildman–Crippen LogP) is 0.626. The van der Waals surface area contributed by atoms with Gasteiger partial charge >= 0.3 is 5.97 Å². The van der Waals surface area contributed by atoms with Gasteiger partial charge in [0, 0.05) is 0 Å². The monoisotopic (exact) mass is 164 g/mol. The zero-order valence-corrected chi connectivity index (χ0v) is 6.47. The van der Waals surface area contributed by atoms with Crippen molar-refractivity contribution in [3.8, 4) is 0 Å². The Hall–Kier alpha value is -1.32. The van der Waals surface area contributed by atoms with E-state index in [-0.39, 0.29) is 5.46 Å². The zero-order chi connectivity index (χ0) is 9.30. The van der Waals surface area contributed by atoms with Gasteiger partial charge < -0.3 is 5.11 Å². The number of rotatable bonds is 1. The molecule has 12 heavy (non-hydrogen) atoms. The second kappa shape index (κ2) is 2.97. The highest BCUT2D eigenvalue weighted by atomic mass is 19.1. The van der Waals surface area contributed by atoms with Gasteiger partial charge in [-0.05, 0) is 13.0 Å². The van der Waals surface area contributed by atoms with Gasteiger partial charge in [-0.2, -0.15) is 0 Å². The van der Waals surface area contributed by atoms with E-state index in [0.29, 0.717) is 5.56 Å². The minimum atomic E-state index is -1.31. The average Bonchev–Trinajstić information content (AvgIpc) is 1.96. The third kappa shape index (κ3) is 1.47. The van der Waals surface area contributed by atoms with Crippen LogP contribution in [0.15, 0.2) is 12.1 Å². The van der Waals surface area contributed by atoms with Crippen LogP contribution in [0.4, 0.5) is 4.39 Å². The summed E-state index contributed by atoms with van der Waals surface area (Å²) in [6, 6.07) is 2.23. The summed E-state index contributed by atoms with van der Waals surface area (Å²) < 4.78 is 12.8. The second-order valence-corrected chi connectivity index (χ2v) is 2.49. The fourth-order valence-electron chi connectivity index (χ4n) is 0.853. The molecule has 0 unspecified atom stereocenters. The van der Waals surface area contributed by atoms with Crippen LogP contribution in [0.2, 0.25) is 0 Å². The van der Waals surface area contributed by atoms with Crippen LogP contribution in [-0.4, -0.2) is 18.9 Å². The lowest BCUT2D eigenvalue weighted by Gasteiger charge is -2.02. The first-order valence-electron chi connectivity index (χ1n) is 3.31. The summed E-state index contributed by atoms with van der Waals surface area (Å²) in [5.41, 5.74) is 0.435. The Morgan fingerprint density at radius 1 is 1.58 bits per heavy atom. The van der Waals surface area contributed by atoms with Crippen LogP contribution >= 0.6 is 0 Å². The van der Waals surface area contributed by atoms with E-state index in [1.165, 1.54) is 0 Å². The normalized spacial score (nSPS) is 9.83. The Morgan fingerprint density at radius 3 is 2.67 bits per heavy atom. The molecule has 0 aliphatic heterocycles. The van der Waals surface area contributed by atoms with Crippen LogP contribution in [0, 0.1) is 12.7 Å². The van der Waals surface area contributed by atoms with E-state index in [1.54, 1.807) is 6.92 Å². The number of aryl methyl sites for hydroxylation is 1. The first kappa shape index (κ1) is 8.78. The lowest BCUT2D eigenvalue weighted by Crippen LogP contribution is -2.13. The maximum atomic E-state index is 12.8. The Morgan fingerprint density at radius 2 is 2.17 bits per heavy atom. The minimum absolute atomic E-state index is 0.286. The van der Waals surface area contributed by atoms with Crippen LogP contribution in [0.25, 0.3) is 0 Å². The highest BCUT2D eigenvalue weighted by Crippen LogP contribution is 2.07. The number of halogens is 1. The van der Waals surface area contributed by atoms with Crippen LogP contribution in [-0.2, 0) is 0 Å². The molecule has 0 fully saturated rings. The lowest BCUT2D eigenvalue weighted by molar-refractivity contribution is 0.0692. The van der Waals surface area contributed by atoms with Gasteiger partial charge in [0.1, 0.15) is 13.7 Å². The first-order valence-corrected chi connectivity index (χ1v) is 3.31. The molecule has 4 heteroatoms. The van der Waals surface area contributed by atoms with E-state index >= 15 is 0 Å². The van der Waals surface area contributed by atoms with E-state index in [9.17, 15) is 9.18 Å². The number of aromatic carboxylic acids is 1. The van der Waals surface area contributed by atoms with E-state index < -0.39 is 17.3 Å². The highest BCUT2D eigenvalue weighted by Gasteiger charge is 2.10. The van der Waals surface area contributed by atoms with Gasteiger partial charge in [-0.3, -0.25) is 0 Å². The van der Waals surface area contributed by atoms with E-state index in [1.807, 2.05) is 0 Å². The molecule has 2 nitrogen and oxygen atoms in total. The fourth-order valence-corrected chi connectivity index (χ4v) is 0.853. The first-order chi connectivity index (χ1) is 5.52. The van der Waals surface area contributed by atoms with Gasteiger partial charge in [0.15, 0.2) is 0 Å². The van der Waals surface area contributed by atoms with E-state index in [4.69, 9.17) is 13.0 Å². The Bertz CT molecular complexity index is 336. The van der Waals surface area contributed by atoms with Gasteiger partial charge in [0.25, 0.3) is 0 Å². The Balaban J connectivity index is 3.33. The Labute approximate surface area is 70.4 Å². The van der Waals surface area contributed by atoms with Crippen molar-refractivity contribution in [3.05, 3.63) is 29.1 Å².